The van der Waals surface area contributed by atoms with Gasteiger partial charge in [0.25, 0.3) is 0 Å². The van der Waals surface area contributed by atoms with Crippen LogP contribution in [0.5, 0.6) is 0 Å². The molecule has 1 saturated carbocycles. The maximum Gasteiger partial charge on any atom is 0.433 e. The number of rotatable bonds is 5. The highest BCUT2D eigenvalue weighted by molar-refractivity contribution is 7.19. The maximum absolute atomic E-state index is 13.8. The molecule has 2 saturated heterocycles. The summed E-state index contributed by atoms with van der Waals surface area (Å²) in [6.07, 6.45) is -3.79. The van der Waals surface area contributed by atoms with Crippen molar-refractivity contribution in [2.75, 3.05) is 26.2 Å². The number of nitrogens with one attached hydrogen (secondary N) is 1. The van der Waals surface area contributed by atoms with Gasteiger partial charge in [-0.15, -0.1) is 11.3 Å². The zero-order valence-electron chi connectivity index (χ0n) is 21.5. The number of nitrogens with zero attached hydrogens (tertiary/aromatic N) is 4. The summed E-state index contributed by atoms with van der Waals surface area (Å²) < 4.78 is 42.2. The molecule has 2 aliphatic heterocycles. The largest absolute Gasteiger partial charge is 0.433 e. The lowest BCUT2D eigenvalue weighted by atomic mass is 9.97. The maximum atomic E-state index is 13.8. The average Bonchev–Trinajstić information content (AvgIpc) is 3.10. The fraction of sp³-hybridized carbons (Fsp3) is 0.519. The number of aliphatic hydroxyl groups is 1. The third-order valence-corrected chi connectivity index (χ3v) is 9.53. The Labute approximate surface area is 222 Å². The lowest BCUT2D eigenvalue weighted by molar-refractivity contribution is -0.141. The third kappa shape index (κ3) is 4.20. The van der Waals surface area contributed by atoms with E-state index >= 15 is 0 Å². The number of hydrogen-bond donors (Lipinski definition) is 2. The van der Waals surface area contributed by atoms with Crippen LogP contribution in [0.3, 0.4) is 0 Å². The molecule has 7 nitrogen and oxygen atoms in total. The molecule has 0 radical (unpaired) electrons. The molecule has 0 bridgehead atoms. The Balaban J connectivity index is 1.39. The zero-order chi connectivity index (χ0) is 27.0. The van der Waals surface area contributed by atoms with Crippen molar-refractivity contribution >= 4 is 27.5 Å². The van der Waals surface area contributed by atoms with Gasteiger partial charge in [-0.2, -0.15) is 13.2 Å². The van der Waals surface area contributed by atoms with Gasteiger partial charge < -0.3 is 15.3 Å². The van der Waals surface area contributed by atoms with Gasteiger partial charge in [-0.3, -0.25) is 14.7 Å². The lowest BCUT2D eigenvalue weighted by Crippen LogP contribution is -2.43. The second kappa shape index (κ2) is 8.97. The number of carbonyl (C=O) groups excluding carboxylic acids is 1. The molecular weight excluding hydrogens is 515 g/mol. The minimum absolute atomic E-state index is 0.0453. The Kier molecular flexibility index (Phi) is 6.06. The number of piperidine rings is 1. The predicted octanol–water partition coefficient (Wildman–Crippen LogP) is 4.02. The minimum Gasteiger partial charge on any atom is -0.373 e. The molecule has 3 atom stereocenters. The van der Waals surface area contributed by atoms with Crippen LogP contribution in [0.1, 0.15) is 35.7 Å². The van der Waals surface area contributed by atoms with Crippen molar-refractivity contribution in [3.63, 3.8) is 0 Å². The monoisotopic (exact) mass is 545 g/mol. The second-order valence-corrected chi connectivity index (χ2v) is 12.3. The number of aliphatic hydroxyl groups excluding tert-OH is 1. The van der Waals surface area contributed by atoms with Crippen molar-refractivity contribution in [3.8, 4) is 11.1 Å². The van der Waals surface area contributed by atoms with E-state index in [2.05, 4.69) is 20.2 Å². The number of piperazine rings is 1. The summed E-state index contributed by atoms with van der Waals surface area (Å²) in [5.41, 5.74) is 1.87. The molecule has 1 aliphatic carbocycles. The van der Waals surface area contributed by atoms with E-state index in [1.807, 2.05) is 19.9 Å². The van der Waals surface area contributed by atoms with E-state index in [1.54, 1.807) is 19.2 Å². The number of thiophene rings is 1. The summed E-state index contributed by atoms with van der Waals surface area (Å²) in [4.78, 5) is 25.9. The molecule has 6 rings (SSSR count). The Morgan fingerprint density at radius 2 is 1.92 bits per heavy atom. The molecule has 3 unspecified atom stereocenters. The molecule has 0 spiro atoms. The van der Waals surface area contributed by atoms with Gasteiger partial charge in [0.05, 0.1) is 22.7 Å². The van der Waals surface area contributed by atoms with Crippen LogP contribution in [0.2, 0.25) is 0 Å². The quantitative estimate of drug-likeness (QED) is 0.504. The number of aromatic nitrogens is 2. The molecule has 38 heavy (non-hydrogen) atoms. The standard InChI is InChI=1S/C27H30F3N5O2S/c1-14-18(13-34-8-6-31-7-9-34)17(11-20(33-14)27(28,29)30)16-4-5-32-19-10-15(38-23(16)19)12-35-24(36)21-22(25(35)37)26(21,2)3/h4-5,10-11,21-22,24,31,36H,6-9,12-13H2,1-3H3. The topological polar surface area (TPSA) is 81.6 Å². The van der Waals surface area contributed by atoms with Crippen molar-refractivity contribution < 1.29 is 23.1 Å². The number of pyridine rings is 2. The molecule has 202 valence electrons. The van der Waals surface area contributed by atoms with Gasteiger partial charge in [-0.05, 0) is 41.7 Å². The molecular formula is C27H30F3N5O2S. The summed E-state index contributed by atoms with van der Waals surface area (Å²) in [5, 5.41) is 14.1. The fourth-order valence-electron chi connectivity index (χ4n) is 6.20. The molecule has 1 amide bonds. The van der Waals surface area contributed by atoms with Crippen molar-refractivity contribution in [1.29, 1.82) is 0 Å². The number of alkyl halides is 3. The van der Waals surface area contributed by atoms with Gasteiger partial charge in [-0.25, -0.2) is 4.98 Å². The number of fused-ring (bicyclic) bond motifs is 2. The van der Waals surface area contributed by atoms with E-state index < -0.39 is 18.1 Å². The van der Waals surface area contributed by atoms with Gasteiger partial charge in [0.15, 0.2) is 0 Å². The number of amides is 1. The number of carbonyl (C=O) groups is 1. The smallest absolute Gasteiger partial charge is 0.373 e. The van der Waals surface area contributed by atoms with E-state index in [0.717, 1.165) is 47.4 Å². The molecule has 11 heteroatoms. The highest BCUT2D eigenvalue weighted by Crippen LogP contribution is 2.65. The molecule has 0 aromatic carbocycles. The first-order chi connectivity index (χ1) is 18.0. The number of aryl methyl sites for hydroxylation is 1. The molecule has 5 heterocycles. The van der Waals surface area contributed by atoms with Crippen molar-refractivity contribution in [2.45, 2.75) is 46.3 Å². The van der Waals surface area contributed by atoms with Gasteiger partial charge in [0, 0.05) is 61.0 Å². The molecule has 3 fully saturated rings. The van der Waals surface area contributed by atoms with Gasteiger partial charge in [-0.1, -0.05) is 13.8 Å². The van der Waals surface area contributed by atoms with Crippen LogP contribution >= 0.6 is 11.3 Å². The van der Waals surface area contributed by atoms with Crippen LogP contribution in [-0.2, 0) is 24.1 Å². The number of hydrogen-bond acceptors (Lipinski definition) is 7. The fourth-order valence-corrected chi connectivity index (χ4v) is 7.34. The van der Waals surface area contributed by atoms with Crippen molar-refractivity contribution in [2.24, 2.45) is 17.3 Å². The zero-order valence-corrected chi connectivity index (χ0v) is 22.3. The third-order valence-electron chi connectivity index (χ3n) is 8.39. The summed E-state index contributed by atoms with van der Waals surface area (Å²) in [7, 11) is 0. The van der Waals surface area contributed by atoms with E-state index in [0.29, 0.717) is 28.9 Å². The Hall–Kier alpha value is -2.60. The highest BCUT2D eigenvalue weighted by atomic mass is 32.1. The second-order valence-electron chi connectivity index (χ2n) is 11.1. The van der Waals surface area contributed by atoms with Crippen molar-refractivity contribution in [3.05, 3.63) is 46.2 Å². The van der Waals surface area contributed by atoms with Gasteiger partial charge in [0.2, 0.25) is 5.91 Å². The van der Waals surface area contributed by atoms with Crippen LogP contribution in [0, 0.1) is 24.2 Å². The first-order valence-electron chi connectivity index (χ1n) is 12.8. The first kappa shape index (κ1) is 25.7. The van der Waals surface area contributed by atoms with Crippen molar-refractivity contribution in [1.82, 2.24) is 25.1 Å². The summed E-state index contributed by atoms with van der Waals surface area (Å²) >= 11 is 1.41. The lowest BCUT2D eigenvalue weighted by Gasteiger charge is -2.29. The number of halogens is 3. The van der Waals surface area contributed by atoms with Crippen LogP contribution in [0.4, 0.5) is 13.2 Å². The van der Waals surface area contributed by atoms with E-state index in [-0.39, 0.29) is 29.7 Å². The normalized spacial score (nSPS) is 25.3. The Morgan fingerprint density at radius 3 is 2.58 bits per heavy atom. The summed E-state index contributed by atoms with van der Waals surface area (Å²) in [5.74, 6) is -0.268. The molecule has 3 aromatic rings. The van der Waals surface area contributed by atoms with Crippen LogP contribution < -0.4 is 5.32 Å². The summed E-state index contributed by atoms with van der Waals surface area (Å²) in [6.45, 7) is 9.66. The van der Waals surface area contributed by atoms with E-state index in [4.69, 9.17) is 0 Å². The Morgan fingerprint density at radius 1 is 1.18 bits per heavy atom. The van der Waals surface area contributed by atoms with Crippen LogP contribution in [0.15, 0.2) is 24.4 Å². The van der Waals surface area contributed by atoms with Gasteiger partial charge in [0.1, 0.15) is 11.9 Å². The molecule has 3 aliphatic rings. The van der Waals surface area contributed by atoms with Crippen LogP contribution in [0.25, 0.3) is 21.3 Å². The minimum atomic E-state index is -4.57. The number of likely N-dealkylation sites (tertiary alicyclic amines) is 1. The van der Waals surface area contributed by atoms with Crippen LogP contribution in [-0.4, -0.2) is 63.2 Å². The van der Waals surface area contributed by atoms with E-state index in [1.165, 1.54) is 16.2 Å². The average molecular weight is 546 g/mol. The summed E-state index contributed by atoms with van der Waals surface area (Å²) in [6, 6.07) is 4.78. The SMILES string of the molecule is Cc1nc(C(F)(F)F)cc(-c2ccnc3cc(CN4C(=O)C5C(C4O)C5(C)C)sc23)c1CN1CCNCC1. The Bertz CT molecular complexity index is 1420. The van der Waals surface area contributed by atoms with Gasteiger partial charge >= 0.3 is 6.18 Å². The first-order valence-corrected chi connectivity index (χ1v) is 13.7. The highest BCUT2D eigenvalue weighted by Gasteiger charge is 2.71. The predicted molar refractivity (Wildman–Crippen MR) is 138 cm³/mol. The molecule has 2 N–H and O–H groups in total. The van der Waals surface area contributed by atoms with E-state index in [9.17, 15) is 23.1 Å². The molecule has 3 aromatic heterocycles.